The maximum atomic E-state index is 13.6. The Balaban J connectivity index is 1.94. The van der Waals surface area contributed by atoms with Crippen LogP contribution in [-0.4, -0.2) is 34.0 Å². The summed E-state index contributed by atoms with van der Waals surface area (Å²) in [6.07, 6.45) is 3.60. The topological polar surface area (TPSA) is 87.7 Å². The number of ether oxygens (including phenoxy) is 2. The number of nitrogens with zero attached hydrogens (tertiary/aromatic N) is 4. The van der Waals surface area contributed by atoms with Crippen molar-refractivity contribution in [2.24, 2.45) is 4.99 Å². The number of fused-ring (bicyclic) bond motifs is 1. The van der Waals surface area contributed by atoms with Crippen LogP contribution in [0.1, 0.15) is 43.6 Å². The number of carbonyl (C=O) groups excluding carboxylic acids is 1. The van der Waals surface area contributed by atoms with Gasteiger partial charge in [-0.3, -0.25) is 14.0 Å². The molecule has 0 radical (unpaired) electrons. The van der Waals surface area contributed by atoms with E-state index < -0.39 is 12.0 Å². The molecule has 8 nitrogen and oxygen atoms in total. The van der Waals surface area contributed by atoms with Crippen LogP contribution in [0.2, 0.25) is 0 Å². The molecule has 1 unspecified atom stereocenters. The molecule has 0 saturated carbocycles. The van der Waals surface area contributed by atoms with Crippen LogP contribution in [0.3, 0.4) is 0 Å². The van der Waals surface area contributed by atoms with Gasteiger partial charge in [0.2, 0.25) is 0 Å². The van der Waals surface area contributed by atoms with E-state index in [1.807, 2.05) is 48.9 Å². The van der Waals surface area contributed by atoms with Crippen LogP contribution in [0.15, 0.2) is 51.5 Å². The Bertz CT molecular complexity index is 1410. The number of carbonyl (C=O) groups is 1. The Hall–Kier alpha value is -3.46. The van der Waals surface area contributed by atoms with Crippen LogP contribution < -0.4 is 19.6 Å². The highest BCUT2D eigenvalue weighted by molar-refractivity contribution is 7.07. The largest absolute Gasteiger partial charge is 0.497 e. The zero-order valence-electron chi connectivity index (χ0n) is 19.3. The lowest BCUT2D eigenvalue weighted by atomic mass is 9.96. The summed E-state index contributed by atoms with van der Waals surface area (Å²) in [5.74, 6) is 0.210. The van der Waals surface area contributed by atoms with Gasteiger partial charge in [0.15, 0.2) is 4.80 Å². The molecule has 1 aliphatic rings. The van der Waals surface area contributed by atoms with Crippen molar-refractivity contribution in [3.05, 3.63) is 78.2 Å². The minimum absolute atomic E-state index is 0.211. The van der Waals surface area contributed by atoms with Crippen LogP contribution in [-0.2, 0) is 16.1 Å². The smallest absolute Gasteiger partial charge is 0.338 e. The number of hydrogen-bond donors (Lipinski definition) is 0. The van der Waals surface area contributed by atoms with E-state index in [-0.39, 0.29) is 12.2 Å². The Morgan fingerprint density at radius 1 is 1.21 bits per heavy atom. The molecule has 0 spiro atoms. The predicted octanol–water partition coefficient (Wildman–Crippen LogP) is 2.33. The number of aryl methyl sites for hydroxylation is 1. The molecular formula is C24H26N4O4S. The van der Waals surface area contributed by atoms with Crippen molar-refractivity contribution in [1.82, 2.24) is 14.3 Å². The molecule has 1 atom stereocenters. The highest BCUT2D eigenvalue weighted by atomic mass is 32.1. The van der Waals surface area contributed by atoms with Crippen LogP contribution >= 0.6 is 11.3 Å². The standard InChI is InChI=1S/C24H26N4O4S/c1-6-27-15(4)17(13-25-27)12-19-22(29)28-21(16-8-10-18(31-5)11-9-16)20(23(30)32-7-2)14(3)26-24(28)33-19/h8-13,21H,6-7H2,1-5H3/b19-12-. The first kappa shape index (κ1) is 22.7. The predicted molar refractivity (Wildman–Crippen MR) is 126 cm³/mol. The Morgan fingerprint density at radius 3 is 2.55 bits per heavy atom. The second-order valence-corrected chi connectivity index (χ2v) is 8.59. The molecule has 0 amide bonds. The number of thiazole rings is 1. The van der Waals surface area contributed by atoms with Gasteiger partial charge in [0.05, 0.1) is 41.8 Å². The molecule has 9 heteroatoms. The average molecular weight is 467 g/mol. The summed E-state index contributed by atoms with van der Waals surface area (Å²) < 4.78 is 14.6. The molecule has 4 rings (SSSR count). The third-order valence-electron chi connectivity index (χ3n) is 5.68. The van der Waals surface area contributed by atoms with E-state index >= 15 is 0 Å². The fourth-order valence-electron chi connectivity index (χ4n) is 3.96. The lowest BCUT2D eigenvalue weighted by Gasteiger charge is -2.24. The second kappa shape index (κ2) is 9.19. The average Bonchev–Trinajstić information content (AvgIpc) is 3.32. The summed E-state index contributed by atoms with van der Waals surface area (Å²) in [6, 6.07) is 6.69. The lowest BCUT2D eigenvalue weighted by Crippen LogP contribution is -2.39. The third-order valence-corrected chi connectivity index (χ3v) is 6.66. The number of benzene rings is 1. The zero-order chi connectivity index (χ0) is 23.7. The molecule has 3 heterocycles. The third kappa shape index (κ3) is 4.04. The molecule has 1 aromatic carbocycles. The number of esters is 1. The van der Waals surface area contributed by atoms with Crippen LogP contribution in [0.4, 0.5) is 0 Å². The van der Waals surface area contributed by atoms with E-state index in [1.54, 1.807) is 31.7 Å². The SMILES string of the molecule is CCOC(=O)C1=C(C)N=c2s/c(=C\c3cnn(CC)c3C)c(=O)n2C1c1ccc(OC)cc1. The van der Waals surface area contributed by atoms with Gasteiger partial charge >= 0.3 is 5.97 Å². The van der Waals surface area contributed by atoms with Crippen molar-refractivity contribution in [2.45, 2.75) is 40.3 Å². The molecule has 0 saturated heterocycles. The molecule has 0 fully saturated rings. The Kier molecular flexibility index (Phi) is 6.33. The van der Waals surface area contributed by atoms with Crippen LogP contribution in [0, 0.1) is 6.92 Å². The van der Waals surface area contributed by atoms with Gasteiger partial charge in [-0.1, -0.05) is 23.5 Å². The number of aromatic nitrogens is 3. The van der Waals surface area contributed by atoms with Crippen molar-refractivity contribution in [3.63, 3.8) is 0 Å². The van der Waals surface area contributed by atoms with E-state index in [0.29, 0.717) is 26.4 Å². The minimum Gasteiger partial charge on any atom is -0.497 e. The molecule has 172 valence electrons. The first-order chi connectivity index (χ1) is 15.9. The number of rotatable bonds is 6. The lowest BCUT2D eigenvalue weighted by molar-refractivity contribution is -0.139. The van der Waals surface area contributed by atoms with Gasteiger partial charge < -0.3 is 9.47 Å². The summed E-state index contributed by atoms with van der Waals surface area (Å²) in [5.41, 5.74) is 3.32. The fourth-order valence-corrected chi connectivity index (χ4v) is 4.99. The quantitative estimate of drug-likeness (QED) is 0.521. The van der Waals surface area contributed by atoms with Gasteiger partial charge in [0, 0.05) is 17.8 Å². The van der Waals surface area contributed by atoms with Crippen molar-refractivity contribution in [1.29, 1.82) is 0 Å². The van der Waals surface area contributed by atoms with Crippen molar-refractivity contribution in [3.8, 4) is 5.75 Å². The maximum absolute atomic E-state index is 13.6. The monoisotopic (exact) mass is 466 g/mol. The van der Waals surface area contributed by atoms with Gasteiger partial charge in [-0.25, -0.2) is 9.79 Å². The van der Waals surface area contributed by atoms with Crippen molar-refractivity contribution < 1.29 is 14.3 Å². The van der Waals surface area contributed by atoms with Gasteiger partial charge in [-0.2, -0.15) is 5.10 Å². The fraction of sp³-hybridized carbons (Fsp3) is 0.333. The Morgan fingerprint density at radius 2 is 1.94 bits per heavy atom. The normalized spacial score (nSPS) is 15.9. The summed E-state index contributed by atoms with van der Waals surface area (Å²) in [5, 5.41) is 4.37. The molecule has 0 N–H and O–H groups in total. The van der Waals surface area contributed by atoms with Gasteiger partial charge in [-0.15, -0.1) is 0 Å². The van der Waals surface area contributed by atoms with E-state index in [1.165, 1.54) is 11.3 Å². The van der Waals surface area contributed by atoms with Crippen LogP contribution in [0.5, 0.6) is 5.75 Å². The van der Waals surface area contributed by atoms with Gasteiger partial charge in [0.25, 0.3) is 5.56 Å². The molecule has 2 aromatic heterocycles. The molecule has 1 aliphatic heterocycles. The first-order valence-corrected chi connectivity index (χ1v) is 11.6. The maximum Gasteiger partial charge on any atom is 0.338 e. The molecule has 3 aromatic rings. The van der Waals surface area contributed by atoms with E-state index in [2.05, 4.69) is 10.1 Å². The minimum atomic E-state index is -0.646. The van der Waals surface area contributed by atoms with E-state index in [4.69, 9.17) is 9.47 Å². The zero-order valence-corrected chi connectivity index (χ0v) is 20.1. The molecule has 33 heavy (non-hydrogen) atoms. The Labute approximate surface area is 195 Å². The number of hydrogen-bond acceptors (Lipinski definition) is 7. The number of allylic oxidation sites excluding steroid dienone is 1. The van der Waals surface area contributed by atoms with Crippen LogP contribution in [0.25, 0.3) is 6.08 Å². The van der Waals surface area contributed by atoms with E-state index in [0.717, 1.165) is 23.4 Å². The number of methoxy groups -OCH3 is 1. The first-order valence-electron chi connectivity index (χ1n) is 10.8. The molecule has 0 bridgehead atoms. The van der Waals surface area contributed by atoms with Gasteiger partial charge in [0.1, 0.15) is 5.75 Å². The molecular weight excluding hydrogens is 440 g/mol. The van der Waals surface area contributed by atoms with Gasteiger partial charge in [-0.05, 0) is 51.5 Å². The summed E-state index contributed by atoms with van der Waals surface area (Å²) in [7, 11) is 1.59. The van der Waals surface area contributed by atoms with E-state index in [9.17, 15) is 9.59 Å². The van der Waals surface area contributed by atoms with Crippen molar-refractivity contribution >= 4 is 23.4 Å². The highest BCUT2D eigenvalue weighted by Gasteiger charge is 2.33. The second-order valence-electron chi connectivity index (χ2n) is 7.58. The van der Waals surface area contributed by atoms with Crippen molar-refractivity contribution in [2.75, 3.05) is 13.7 Å². The summed E-state index contributed by atoms with van der Waals surface area (Å²) >= 11 is 1.30. The summed E-state index contributed by atoms with van der Waals surface area (Å²) in [6.45, 7) is 8.50. The summed E-state index contributed by atoms with van der Waals surface area (Å²) in [4.78, 5) is 31.7. The highest BCUT2D eigenvalue weighted by Crippen LogP contribution is 2.31. The molecule has 0 aliphatic carbocycles.